The van der Waals surface area contributed by atoms with E-state index < -0.39 is 30.6 Å². The number of hydrogen-bond donors (Lipinski definition) is 4. The summed E-state index contributed by atoms with van der Waals surface area (Å²) in [5, 5.41) is 31.1. The lowest BCUT2D eigenvalue weighted by atomic mass is 10.0. The second kappa shape index (κ2) is 5.47. The van der Waals surface area contributed by atoms with E-state index in [1.165, 1.54) is 0 Å². The summed E-state index contributed by atoms with van der Waals surface area (Å²) in [6.45, 7) is 3.60. The first-order valence-electron chi connectivity index (χ1n) is 7.24. The third-order valence-electron chi connectivity index (χ3n) is 4.13. The van der Waals surface area contributed by atoms with Crippen LogP contribution in [0.4, 0.5) is 5.95 Å². The van der Waals surface area contributed by atoms with Gasteiger partial charge in [-0.1, -0.05) is 6.92 Å². The maximum atomic E-state index is 10.3. The molecule has 0 bridgehead atoms. The number of fused-ring (bicyclic) bond motifs is 1. The van der Waals surface area contributed by atoms with Gasteiger partial charge in [-0.25, -0.2) is 4.98 Å². The molecule has 0 spiro atoms. The zero-order valence-corrected chi connectivity index (χ0v) is 12.4. The van der Waals surface area contributed by atoms with E-state index in [0.29, 0.717) is 12.1 Å². The van der Waals surface area contributed by atoms with Crippen molar-refractivity contribution in [3.05, 3.63) is 18.0 Å². The summed E-state index contributed by atoms with van der Waals surface area (Å²) in [4.78, 5) is 8.28. The summed E-state index contributed by atoms with van der Waals surface area (Å²) in [6.07, 6.45) is -2.75. The zero-order chi connectivity index (χ0) is 16.0. The highest BCUT2D eigenvalue weighted by Gasteiger charge is 2.46. The highest BCUT2D eigenvalue weighted by atomic mass is 16.6. The smallest absolute Gasteiger partial charge is 0.222 e. The largest absolute Gasteiger partial charge is 0.390 e. The number of rotatable bonds is 3. The van der Waals surface area contributed by atoms with Crippen LogP contribution in [0.2, 0.25) is 0 Å². The second-order valence-electron chi connectivity index (χ2n) is 5.58. The van der Waals surface area contributed by atoms with Crippen molar-refractivity contribution in [2.24, 2.45) is 0 Å². The number of nitrogens with zero attached hydrogens (tertiary/aromatic N) is 3. The Hall–Kier alpha value is -1.74. The van der Waals surface area contributed by atoms with Gasteiger partial charge in [-0.2, -0.15) is 4.98 Å². The minimum absolute atomic E-state index is 0.128. The van der Waals surface area contributed by atoms with Crippen molar-refractivity contribution in [1.82, 2.24) is 14.5 Å². The van der Waals surface area contributed by atoms with Gasteiger partial charge in [0, 0.05) is 11.6 Å². The highest BCUT2D eigenvalue weighted by Crippen LogP contribution is 2.34. The van der Waals surface area contributed by atoms with Gasteiger partial charge >= 0.3 is 0 Å². The van der Waals surface area contributed by atoms with E-state index in [-0.39, 0.29) is 5.95 Å². The number of aliphatic hydroxyl groups is 3. The Morgan fingerprint density at radius 2 is 2.09 bits per heavy atom. The van der Waals surface area contributed by atoms with Crippen LogP contribution in [-0.4, -0.2) is 54.3 Å². The SMILES string of the molecule is CC[C@@H](O)[C@H]1O[C@@H](n2ccc3c(C)nc(N)nc32)[C@H](O)[C@@H]1O. The summed E-state index contributed by atoms with van der Waals surface area (Å²) in [5.74, 6) is 0.128. The Kier molecular flexibility index (Phi) is 3.77. The topological polar surface area (TPSA) is 127 Å². The number of aromatic nitrogens is 3. The van der Waals surface area contributed by atoms with Crippen LogP contribution in [0.5, 0.6) is 0 Å². The molecule has 3 heterocycles. The Morgan fingerprint density at radius 3 is 2.77 bits per heavy atom. The lowest BCUT2D eigenvalue weighted by molar-refractivity contribution is -0.0839. The van der Waals surface area contributed by atoms with E-state index in [4.69, 9.17) is 10.5 Å². The Labute approximate surface area is 127 Å². The fourth-order valence-corrected chi connectivity index (χ4v) is 2.88. The van der Waals surface area contributed by atoms with Crippen LogP contribution in [-0.2, 0) is 4.74 Å². The lowest BCUT2D eigenvalue weighted by Crippen LogP contribution is -2.38. The van der Waals surface area contributed by atoms with Crippen molar-refractivity contribution in [1.29, 1.82) is 0 Å². The average molecular weight is 308 g/mol. The standard InChI is InChI=1S/C14H20N4O4/c1-3-8(19)11-9(20)10(21)13(22-11)18-5-4-7-6(2)16-14(15)17-12(7)18/h4-5,8-11,13,19-21H,3H2,1-2H3,(H2,15,16,17)/t8-,9+,10-,11-,13-/m1/s1. The van der Waals surface area contributed by atoms with Crippen molar-refractivity contribution in [2.75, 3.05) is 5.73 Å². The summed E-state index contributed by atoms with van der Waals surface area (Å²) < 4.78 is 7.29. The quantitative estimate of drug-likeness (QED) is 0.613. The van der Waals surface area contributed by atoms with Crippen molar-refractivity contribution in [3.8, 4) is 0 Å². The molecule has 1 aliphatic heterocycles. The van der Waals surface area contributed by atoms with Gasteiger partial charge < -0.3 is 30.4 Å². The molecular weight excluding hydrogens is 288 g/mol. The predicted molar refractivity (Wildman–Crippen MR) is 78.9 cm³/mol. The number of anilines is 1. The average Bonchev–Trinajstić information content (AvgIpc) is 3.01. The molecule has 8 heteroatoms. The molecule has 5 N–H and O–H groups in total. The number of hydrogen-bond acceptors (Lipinski definition) is 7. The van der Waals surface area contributed by atoms with Crippen molar-refractivity contribution >= 4 is 17.0 Å². The molecule has 22 heavy (non-hydrogen) atoms. The van der Waals surface area contributed by atoms with E-state index in [0.717, 1.165) is 11.1 Å². The predicted octanol–water partition coefficient (Wildman–Crippen LogP) is -0.288. The van der Waals surface area contributed by atoms with Gasteiger partial charge in [-0.15, -0.1) is 0 Å². The molecule has 1 fully saturated rings. The summed E-state index contributed by atoms with van der Waals surface area (Å²) in [7, 11) is 0. The zero-order valence-electron chi connectivity index (χ0n) is 12.4. The first kappa shape index (κ1) is 15.2. The molecule has 120 valence electrons. The van der Waals surface area contributed by atoms with Crippen LogP contribution in [0.25, 0.3) is 11.0 Å². The molecule has 0 aliphatic carbocycles. The minimum atomic E-state index is -1.17. The first-order valence-corrected chi connectivity index (χ1v) is 7.24. The van der Waals surface area contributed by atoms with E-state index in [1.54, 1.807) is 23.8 Å². The van der Waals surface area contributed by atoms with Gasteiger partial charge in [-0.05, 0) is 19.4 Å². The van der Waals surface area contributed by atoms with Gasteiger partial charge in [0.2, 0.25) is 5.95 Å². The Bertz CT molecular complexity index is 689. The molecule has 0 amide bonds. The number of ether oxygens (including phenoxy) is 1. The monoisotopic (exact) mass is 308 g/mol. The summed E-state index contributed by atoms with van der Waals surface area (Å²) >= 11 is 0. The van der Waals surface area contributed by atoms with Crippen LogP contribution < -0.4 is 5.73 Å². The van der Waals surface area contributed by atoms with E-state index in [2.05, 4.69) is 9.97 Å². The fraction of sp³-hybridized carbons (Fsp3) is 0.571. The van der Waals surface area contributed by atoms with Crippen molar-refractivity contribution < 1.29 is 20.1 Å². The summed E-state index contributed by atoms with van der Waals surface area (Å²) in [5.41, 5.74) is 6.93. The van der Waals surface area contributed by atoms with Crippen molar-refractivity contribution in [2.45, 2.75) is 50.9 Å². The molecule has 0 aromatic carbocycles. The van der Waals surface area contributed by atoms with Crippen LogP contribution in [0.15, 0.2) is 12.3 Å². The molecule has 2 aromatic rings. The van der Waals surface area contributed by atoms with E-state index in [1.807, 2.05) is 6.92 Å². The van der Waals surface area contributed by atoms with Crippen LogP contribution in [0, 0.1) is 6.92 Å². The van der Waals surface area contributed by atoms with Crippen LogP contribution in [0.1, 0.15) is 25.3 Å². The minimum Gasteiger partial charge on any atom is -0.390 e. The van der Waals surface area contributed by atoms with Crippen LogP contribution >= 0.6 is 0 Å². The number of nitrogens with two attached hydrogens (primary N) is 1. The highest BCUT2D eigenvalue weighted by molar-refractivity contribution is 5.79. The second-order valence-corrected chi connectivity index (χ2v) is 5.58. The molecule has 1 saturated heterocycles. The molecule has 0 unspecified atom stereocenters. The molecule has 1 aliphatic rings. The molecule has 8 nitrogen and oxygen atoms in total. The molecular formula is C14H20N4O4. The molecule has 0 saturated carbocycles. The first-order chi connectivity index (χ1) is 10.4. The van der Waals surface area contributed by atoms with Gasteiger partial charge in [0.1, 0.15) is 24.0 Å². The number of aliphatic hydroxyl groups excluding tert-OH is 3. The Morgan fingerprint density at radius 1 is 1.36 bits per heavy atom. The van der Waals surface area contributed by atoms with Gasteiger partial charge in [0.15, 0.2) is 6.23 Å². The fourth-order valence-electron chi connectivity index (χ4n) is 2.88. The third-order valence-corrected chi connectivity index (χ3v) is 4.13. The normalized spacial score (nSPS) is 30.0. The number of nitrogen functional groups attached to an aromatic ring is 1. The van der Waals surface area contributed by atoms with E-state index >= 15 is 0 Å². The molecule has 3 rings (SSSR count). The lowest BCUT2D eigenvalue weighted by Gasteiger charge is -2.19. The van der Waals surface area contributed by atoms with E-state index in [9.17, 15) is 15.3 Å². The third kappa shape index (κ3) is 2.24. The maximum Gasteiger partial charge on any atom is 0.222 e. The molecule has 5 atom stereocenters. The van der Waals surface area contributed by atoms with Crippen LogP contribution in [0.3, 0.4) is 0 Å². The van der Waals surface area contributed by atoms with Gasteiger partial charge in [0.05, 0.1) is 11.8 Å². The summed E-state index contributed by atoms with van der Waals surface area (Å²) in [6, 6.07) is 1.80. The Balaban J connectivity index is 2.01. The van der Waals surface area contributed by atoms with Gasteiger partial charge in [0.25, 0.3) is 0 Å². The van der Waals surface area contributed by atoms with Gasteiger partial charge in [-0.3, -0.25) is 0 Å². The molecule has 2 aromatic heterocycles. The maximum absolute atomic E-state index is 10.3. The molecule has 0 radical (unpaired) electrons. The number of aryl methyl sites for hydroxylation is 1. The van der Waals surface area contributed by atoms with Crippen molar-refractivity contribution in [3.63, 3.8) is 0 Å².